The van der Waals surface area contributed by atoms with Crippen LogP contribution in [0.2, 0.25) is 0 Å². The molecule has 2 aliphatic rings. The number of nitrogens with two attached hydrogens (primary N) is 1. The van der Waals surface area contributed by atoms with Gasteiger partial charge in [-0.25, -0.2) is 8.78 Å². The van der Waals surface area contributed by atoms with E-state index in [-0.39, 0.29) is 5.56 Å². The average Bonchev–Trinajstić information content (AvgIpc) is 3.13. The molecule has 3 unspecified atom stereocenters. The minimum Gasteiger partial charge on any atom is -0.271 e. The van der Waals surface area contributed by atoms with E-state index < -0.39 is 17.7 Å². The van der Waals surface area contributed by atoms with Gasteiger partial charge in [-0.15, -0.1) is 0 Å². The summed E-state index contributed by atoms with van der Waals surface area (Å²) in [4.78, 5) is 0. The molecule has 4 heteroatoms. The Morgan fingerprint density at radius 1 is 1.21 bits per heavy atom. The van der Waals surface area contributed by atoms with Crippen molar-refractivity contribution in [2.75, 3.05) is 0 Å². The van der Waals surface area contributed by atoms with Gasteiger partial charge in [0.2, 0.25) is 0 Å². The van der Waals surface area contributed by atoms with Gasteiger partial charge in [-0.05, 0) is 49.1 Å². The molecule has 1 aromatic rings. The normalized spacial score (nSPS) is 30.8. The largest absolute Gasteiger partial charge is 0.271 e. The lowest BCUT2D eigenvalue weighted by Crippen LogP contribution is -2.32. The second-order valence-electron chi connectivity index (χ2n) is 5.93. The Morgan fingerprint density at radius 2 is 1.84 bits per heavy atom. The van der Waals surface area contributed by atoms with Crippen molar-refractivity contribution in [2.24, 2.45) is 23.6 Å². The first-order valence-corrected chi connectivity index (χ1v) is 7.05. The Morgan fingerprint density at radius 3 is 2.42 bits per heavy atom. The monoisotopic (exact) mass is 266 g/mol. The Bertz CT molecular complexity index is 477. The number of halogens is 2. The van der Waals surface area contributed by atoms with Crippen molar-refractivity contribution < 1.29 is 8.78 Å². The van der Waals surface area contributed by atoms with E-state index in [1.165, 1.54) is 37.8 Å². The Labute approximate surface area is 112 Å². The highest BCUT2D eigenvalue weighted by molar-refractivity contribution is 5.31. The summed E-state index contributed by atoms with van der Waals surface area (Å²) in [6.45, 7) is 1.66. The predicted molar refractivity (Wildman–Crippen MR) is 70.1 cm³/mol. The third-order valence-electron chi connectivity index (χ3n) is 4.92. The van der Waals surface area contributed by atoms with Gasteiger partial charge in [0, 0.05) is 5.56 Å². The zero-order chi connectivity index (χ0) is 13.6. The van der Waals surface area contributed by atoms with E-state index in [4.69, 9.17) is 5.84 Å². The molecule has 3 rings (SSSR count). The summed E-state index contributed by atoms with van der Waals surface area (Å²) in [5, 5.41) is 0. The molecule has 2 aliphatic carbocycles. The van der Waals surface area contributed by atoms with E-state index in [2.05, 4.69) is 5.43 Å². The number of hydrogen-bond acceptors (Lipinski definition) is 2. The molecular formula is C15H20F2N2. The fourth-order valence-corrected chi connectivity index (χ4v) is 3.89. The summed E-state index contributed by atoms with van der Waals surface area (Å²) >= 11 is 0. The molecule has 2 nitrogen and oxygen atoms in total. The van der Waals surface area contributed by atoms with Gasteiger partial charge in [0.25, 0.3) is 0 Å². The Hall–Kier alpha value is -1.00. The van der Waals surface area contributed by atoms with E-state index in [0.29, 0.717) is 23.3 Å². The van der Waals surface area contributed by atoms with E-state index in [0.717, 1.165) is 0 Å². The molecule has 0 bridgehead atoms. The van der Waals surface area contributed by atoms with Gasteiger partial charge in [-0.3, -0.25) is 11.3 Å². The van der Waals surface area contributed by atoms with Crippen LogP contribution in [0.3, 0.4) is 0 Å². The molecule has 0 spiro atoms. The number of benzene rings is 1. The molecule has 2 fully saturated rings. The molecule has 19 heavy (non-hydrogen) atoms. The number of rotatable bonds is 3. The van der Waals surface area contributed by atoms with Crippen molar-refractivity contribution in [1.82, 2.24) is 5.43 Å². The van der Waals surface area contributed by atoms with Gasteiger partial charge in [-0.1, -0.05) is 18.9 Å². The zero-order valence-corrected chi connectivity index (χ0v) is 11.1. The smallest absolute Gasteiger partial charge is 0.133 e. The van der Waals surface area contributed by atoms with E-state index in [1.54, 1.807) is 6.92 Å². The van der Waals surface area contributed by atoms with Crippen molar-refractivity contribution in [1.29, 1.82) is 0 Å². The fourth-order valence-electron chi connectivity index (χ4n) is 3.89. The highest BCUT2D eigenvalue weighted by atomic mass is 19.1. The van der Waals surface area contributed by atoms with Crippen molar-refractivity contribution in [3.05, 3.63) is 34.9 Å². The van der Waals surface area contributed by atoms with E-state index >= 15 is 0 Å². The maximum absolute atomic E-state index is 14.2. The molecule has 0 aliphatic heterocycles. The minimum atomic E-state index is -0.491. The van der Waals surface area contributed by atoms with Gasteiger partial charge in [0.05, 0.1) is 6.04 Å². The maximum atomic E-state index is 14.2. The van der Waals surface area contributed by atoms with Crippen molar-refractivity contribution in [3.63, 3.8) is 0 Å². The first-order valence-electron chi connectivity index (χ1n) is 7.05. The van der Waals surface area contributed by atoms with Crippen LogP contribution in [-0.4, -0.2) is 0 Å². The molecule has 3 N–H and O–H groups in total. The van der Waals surface area contributed by atoms with Gasteiger partial charge in [-0.2, -0.15) is 0 Å². The number of nitrogens with one attached hydrogen (secondary N) is 1. The number of hydrogen-bond donors (Lipinski definition) is 2. The molecule has 3 atom stereocenters. The van der Waals surface area contributed by atoms with E-state index in [1.807, 2.05) is 0 Å². The molecule has 0 saturated heterocycles. The third-order valence-corrected chi connectivity index (χ3v) is 4.92. The standard InChI is InChI=1S/C15H20F2N2/c1-8-6-7-11(16)13(14(8)17)15(19-18)12-9-4-2-3-5-10(9)12/h6-7,9-10,12,15,19H,2-5,18H2,1H3. The van der Waals surface area contributed by atoms with Crippen LogP contribution in [-0.2, 0) is 0 Å². The van der Waals surface area contributed by atoms with Crippen molar-refractivity contribution in [2.45, 2.75) is 38.6 Å². The third kappa shape index (κ3) is 2.07. The van der Waals surface area contributed by atoms with Gasteiger partial charge < -0.3 is 0 Å². The van der Waals surface area contributed by atoms with Crippen LogP contribution in [0.5, 0.6) is 0 Å². The van der Waals surface area contributed by atoms with Crippen LogP contribution < -0.4 is 11.3 Å². The molecular weight excluding hydrogens is 246 g/mol. The minimum absolute atomic E-state index is 0.127. The molecule has 1 aromatic carbocycles. The zero-order valence-electron chi connectivity index (χ0n) is 11.1. The predicted octanol–water partition coefficient (Wildman–Crippen LogP) is 3.21. The maximum Gasteiger partial charge on any atom is 0.133 e. The Kier molecular flexibility index (Phi) is 3.31. The highest BCUT2D eigenvalue weighted by Crippen LogP contribution is 2.60. The van der Waals surface area contributed by atoms with Crippen LogP contribution in [0.1, 0.15) is 42.9 Å². The second-order valence-corrected chi connectivity index (χ2v) is 5.93. The SMILES string of the molecule is Cc1ccc(F)c(C(NN)C2C3CCCCC32)c1F. The quantitative estimate of drug-likeness (QED) is 0.651. The molecule has 0 radical (unpaired) electrons. The summed E-state index contributed by atoms with van der Waals surface area (Å²) in [5.74, 6) is 6.13. The van der Waals surface area contributed by atoms with Crippen LogP contribution in [0.25, 0.3) is 0 Å². The second kappa shape index (κ2) is 4.84. The number of hydrazine groups is 1. The Balaban J connectivity index is 1.93. The van der Waals surface area contributed by atoms with Gasteiger partial charge in [0.15, 0.2) is 0 Å². The lowest BCUT2D eigenvalue weighted by Gasteiger charge is -2.19. The highest BCUT2D eigenvalue weighted by Gasteiger charge is 2.55. The summed E-state index contributed by atoms with van der Waals surface area (Å²) < 4.78 is 28.2. The molecule has 0 aromatic heterocycles. The summed E-state index contributed by atoms with van der Waals surface area (Å²) in [6.07, 6.45) is 4.80. The van der Waals surface area contributed by atoms with Crippen LogP contribution in [0, 0.1) is 36.3 Å². The fraction of sp³-hybridized carbons (Fsp3) is 0.600. The van der Waals surface area contributed by atoms with Gasteiger partial charge >= 0.3 is 0 Å². The number of fused-ring (bicyclic) bond motifs is 1. The lowest BCUT2D eigenvalue weighted by molar-refractivity contribution is 0.412. The average molecular weight is 266 g/mol. The topological polar surface area (TPSA) is 38.0 Å². The summed E-state index contributed by atoms with van der Waals surface area (Å²) in [7, 11) is 0. The van der Waals surface area contributed by atoms with E-state index in [9.17, 15) is 8.78 Å². The first kappa shape index (κ1) is 13.0. The lowest BCUT2D eigenvalue weighted by atomic mass is 9.97. The van der Waals surface area contributed by atoms with Crippen LogP contribution in [0.4, 0.5) is 8.78 Å². The molecule has 104 valence electrons. The molecule has 0 amide bonds. The molecule has 2 saturated carbocycles. The number of aryl methyl sites for hydroxylation is 1. The first-order chi connectivity index (χ1) is 9.15. The van der Waals surface area contributed by atoms with Gasteiger partial charge in [0.1, 0.15) is 11.6 Å². The van der Waals surface area contributed by atoms with Crippen LogP contribution >= 0.6 is 0 Å². The van der Waals surface area contributed by atoms with Crippen molar-refractivity contribution >= 4 is 0 Å². The van der Waals surface area contributed by atoms with Crippen molar-refractivity contribution in [3.8, 4) is 0 Å². The summed E-state index contributed by atoms with van der Waals surface area (Å²) in [6, 6.07) is 2.42. The molecule has 0 heterocycles. The summed E-state index contributed by atoms with van der Waals surface area (Å²) in [5.41, 5.74) is 3.26. The van der Waals surface area contributed by atoms with Crippen LogP contribution in [0.15, 0.2) is 12.1 Å².